The highest BCUT2D eigenvalue weighted by Crippen LogP contribution is 2.23. The quantitative estimate of drug-likeness (QED) is 0.675. The summed E-state index contributed by atoms with van der Waals surface area (Å²) in [7, 11) is 1.85. The number of carbonyl (C=O) groups is 1. The predicted octanol–water partition coefficient (Wildman–Crippen LogP) is 2.19. The van der Waals surface area contributed by atoms with Gasteiger partial charge in [0.15, 0.2) is 6.29 Å². The van der Waals surface area contributed by atoms with E-state index in [1.54, 1.807) is 6.20 Å². The minimum atomic E-state index is 0.208. The smallest absolute Gasteiger partial charge is 0.167 e. The maximum atomic E-state index is 10.4. The number of nitrogens with zero attached hydrogens (tertiary/aromatic N) is 1. The normalized spacial score (nSPS) is 11.3. The molecule has 0 saturated heterocycles. The summed E-state index contributed by atoms with van der Waals surface area (Å²) in [6.07, 6.45) is 2.23. The number of carbonyl (C=O) groups excluding carboxylic acids is 1. The number of anilines is 1. The zero-order chi connectivity index (χ0) is 11.4. The van der Waals surface area contributed by atoms with Gasteiger partial charge in [-0.2, -0.15) is 0 Å². The van der Waals surface area contributed by atoms with Crippen molar-refractivity contribution in [3.63, 3.8) is 0 Å². The fraction of sp³-hybridized carbons (Fsp3) is 0.182. The van der Waals surface area contributed by atoms with Crippen LogP contribution in [0, 0.1) is 6.92 Å². The van der Waals surface area contributed by atoms with E-state index in [-0.39, 0.29) is 5.70 Å². The average Bonchev–Trinajstić information content (AvgIpc) is 2.17. The summed E-state index contributed by atoms with van der Waals surface area (Å²) in [5, 5.41) is 0. The Hall–Kier alpha value is -1.29. The molecule has 0 fully saturated rings. The van der Waals surface area contributed by atoms with Gasteiger partial charge in [0.2, 0.25) is 0 Å². The molecule has 1 rings (SSSR count). The van der Waals surface area contributed by atoms with Crippen molar-refractivity contribution in [3.8, 4) is 0 Å². The van der Waals surface area contributed by atoms with E-state index in [0.717, 1.165) is 15.7 Å². The minimum absolute atomic E-state index is 0.208. The van der Waals surface area contributed by atoms with Crippen LogP contribution in [0.5, 0.6) is 0 Å². The second kappa shape index (κ2) is 4.98. The van der Waals surface area contributed by atoms with Crippen molar-refractivity contribution < 1.29 is 4.79 Å². The van der Waals surface area contributed by atoms with Gasteiger partial charge in [0, 0.05) is 23.4 Å². The molecule has 80 valence electrons. The number of aldehydes is 1. The first-order valence-electron chi connectivity index (χ1n) is 4.46. The van der Waals surface area contributed by atoms with Crippen molar-refractivity contribution in [2.45, 2.75) is 6.92 Å². The fourth-order valence-corrected chi connectivity index (χ4v) is 1.81. The molecule has 4 heteroatoms. The van der Waals surface area contributed by atoms with Crippen molar-refractivity contribution in [1.82, 2.24) is 0 Å². The molecular weight excluding hydrogens is 256 g/mol. The number of hydrogen-bond donors (Lipinski definition) is 1. The van der Waals surface area contributed by atoms with Gasteiger partial charge in [0.25, 0.3) is 0 Å². The monoisotopic (exact) mass is 268 g/mol. The number of allylic oxidation sites excluding steroid dienone is 1. The molecule has 0 aliphatic rings. The molecule has 0 bridgehead atoms. The molecule has 15 heavy (non-hydrogen) atoms. The van der Waals surface area contributed by atoms with Crippen molar-refractivity contribution in [1.29, 1.82) is 0 Å². The standard InChI is InChI=1S/C11H13BrN2O/c1-8-5-9(12)3-4-11(8)14(2)6-10(13)7-15/h3-7H,13H2,1-2H3/b10-6+. The average molecular weight is 269 g/mol. The molecule has 0 saturated carbocycles. The molecule has 0 spiro atoms. The van der Waals surface area contributed by atoms with Gasteiger partial charge in [0.1, 0.15) is 0 Å². The minimum Gasteiger partial charge on any atom is -0.395 e. The van der Waals surface area contributed by atoms with Crippen molar-refractivity contribution >= 4 is 27.9 Å². The van der Waals surface area contributed by atoms with E-state index < -0.39 is 0 Å². The van der Waals surface area contributed by atoms with Gasteiger partial charge in [-0.1, -0.05) is 15.9 Å². The molecule has 2 N–H and O–H groups in total. The number of aryl methyl sites for hydroxylation is 1. The molecule has 1 aromatic carbocycles. The van der Waals surface area contributed by atoms with E-state index in [2.05, 4.69) is 15.9 Å². The van der Waals surface area contributed by atoms with Crippen LogP contribution in [0.25, 0.3) is 0 Å². The molecular formula is C11H13BrN2O. The van der Waals surface area contributed by atoms with Crippen LogP contribution in [0.4, 0.5) is 5.69 Å². The number of benzene rings is 1. The maximum Gasteiger partial charge on any atom is 0.167 e. The zero-order valence-electron chi connectivity index (χ0n) is 8.70. The summed E-state index contributed by atoms with van der Waals surface area (Å²) in [6.45, 7) is 2.00. The fourth-order valence-electron chi connectivity index (χ4n) is 1.34. The van der Waals surface area contributed by atoms with Crippen LogP contribution in [0.3, 0.4) is 0 Å². The Kier molecular flexibility index (Phi) is 3.91. The largest absolute Gasteiger partial charge is 0.395 e. The van der Waals surface area contributed by atoms with Crippen LogP contribution >= 0.6 is 15.9 Å². The molecule has 3 nitrogen and oxygen atoms in total. The number of halogens is 1. The van der Waals surface area contributed by atoms with Crippen molar-refractivity contribution in [2.75, 3.05) is 11.9 Å². The Morgan fingerprint density at radius 3 is 2.73 bits per heavy atom. The maximum absolute atomic E-state index is 10.4. The Labute approximate surface area is 97.7 Å². The SMILES string of the molecule is Cc1cc(Br)ccc1N(C)/C=C(/N)C=O. The second-order valence-corrected chi connectivity index (χ2v) is 4.20. The van der Waals surface area contributed by atoms with E-state index in [1.165, 1.54) is 0 Å². The topological polar surface area (TPSA) is 46.3 Å². The molecule has 0 atom stereocenters. The second-order valence-electron chi connectivity index (χ2n) is 3.29. The van der Waals surface area contributed by atoms with E-state index in [4.69, 9.17) is 5.73 Å². The van der Waals surface area contributed by atoms with Crippen LogP contribution in [0.15, 0.2) is 34.6 Å². The molecule has 0 unspecified atom stereocenters. The molecule has 0 aliphatic heterocycles. The summed E-state index contributed by atoms with van der Waals surface area (Å²) in [5.74, 6) is 0. The van der Waals surface area contributed by atoms with E-state index in [0.29, 0.717) is 6.29 Å². The summed E-state index contributed by atoms with van der Waals surface area (Å²) in [6, 6.07) is 5.93. The first-order chi connectivity index (χ1) is 7.04. The van der Waals surface area contributed by atoms with Crippen molar-refractivity contribution in [2.24, 2.45) is 5.73 Å². The summed E-state index contributed by atoms with van der Waals surface area (Å²) < 4.78 is 1.03. The highest BCUT2D eigenvalue weighted by Gasteiger charge is 2.02. The Morgan fingerprint density at radius 2 is 2.20 bits per heavy atom. The van der Waals surface area contributed by atoms with Gasteiger partial charge in [-0.25, -0.2) is 0 Å². The van der Waals surface area contributed by atoms with Gasteiger partial charge in [-0.3, -0.25) is 4.79 Å². The van der Waals surface area contributed by atoms with Crippen LogP contribution in [0.1, 0.15) is 5.56 Å². The third kappa shape index (κ3) is 3.09. The highest BCUT2D eigenvalue weighted by molar-refractivity contribution is 9.10. The lowest BCUT2D eigenvalue weighted by molar-refractivity contribution is -0.105. The summed E-state index contributed by atoms with van der Waals surface area (Å²) >= 11 is 3.40. The first-order valence-corrected chi connectivity index (χ1v) is 5.25. The number of nitrogens with two attached hydrogens (primary N) is 1. The van der Waals surface area contributed by atoms with Gasteiger partial charge in [-0.05, 0) is 30.7 Å². The molecule has 0 aliphatic carbocycles. The Bertz CT molecular complexity index is 402. The van der Waals surface area contributed by atoms with Gasteiger partial charge in [-0.15, -0.1) is 0 Å². The molecule has 0 radical (unpaired) electrons. The predicted molar refractivity (Wildman–Crippen MR) is 65.6 cm³/mol. The number of hydrogen-bond acceptors (Lipinski definition) is 3. The lowest BCUT2D eigenvalue weighted by Crippen LogP contribution is -2.13. The summed E-state index contributed by atoms with van der Waals surface area (Å²) in [5.41, 5.74) is 7.77. The molecule has 0 amide bonds. The molecule has 1 aromatic rings. The first kappa shape index (κ1) is 11.8. The van der Waals surface area contributed by atoms with Crippen LogP contribution in [-0.4, -0.2) is 13.3 Å². The molecule has 0 heterocycles. The summed E-state index contributed by atoms with van der Waals surface area (Å²) in [4.78, 5) is 12.2. The van der Waals surface area contributed by atoms with Crippen LogP contribution in [-0.2, 0) is 4.79 Å². The number of rotatable bonds is 3. The lowest BCUT2D eigenvalue weighted by atomic mass is 10.2. The van der Waals surface area contributed by atoms with Crippen LogP contribution < -0.4 is 10.6 Å². The van der Waals surface area contributed by atoms with E-state index >= 15 is 0 Å². The van der Waals surface area contributed by atoms with E-state index in [1.807, 2.05) is 37.1 Å². The van der Waals surface area contributed by atoms with Gasteiger partial charge < -0.3 is 10.6 Å². The van der Waals surface area contributed by atoms with Gasteiger partial charge in [0.05, 0.1) is 5.70 Å². The third-order valence-electron chi connectivity index (χ3n) is 2.02. The Morgan fingerprint density at radius 1 is 1.53 bits per heavy atom. The zero-order valence-corrected chi connectivity index (χ0v) is 10.3. The molecule has 0 aromatic heterocycles. The highest BCUT2D eigenvalue weighted by atomic mass is 79.9. The van der Waals surface area contributed by atoms with Crippen LogP contribution in [0.2, 0.25) is 0 Å². The van der Waals surface area contributed by atoms with E-state index in [9.17, 15) is 4.79 Å². The lowest BCUT2D eigenvalue weighted by Gasteiger charge is -2.17. The third-order valence-corrected chi connectivity index (χ3v) is 2.51. The van der Waals surface area contributed by atoms with Crippen molar-refractivity contribution in [3.05, 3.63) is 40.1 Å². The Balaban J connectivity index is 3.01. The van der Waals surface area contributed by atoms with Gasteiger partial charge >= 0.3 is 0 Å².